The van der Waals surface area contributed by atoms with Gasteiger partial charge < -0.3 is 11.1 Å². The molecule has 0 spiro atoms. The van der Waals surface area contributed by atoms with Gasteiger partial charge in [-0.15, -0.1) is 0 Å². The summed E-state index contributed by atoms with van der Waals surface area (Å²) in [6.45, 7) is 1.58. The second kappa shape index (κ2) is 6.77. The molecule has 0 aliphatic heterocycles. The summed E-state index contributed by atoms with van der Waals surface area (Å²) in [6, 6.07) is -0.799. The fourth-order valence-electron chi connectivity index (χ4n) is 1.12. The van der Waals surface area contributed by atoms with Crippen molar-refractivity contribution in [1.82, 2.24) is 10.7 Å². The number of amides is 3. The Balaban J connectivity index is 4.28. The molecule has 15 heavy (non-hydrogen) atoms. The first-order chi connectivity index (χ1) is 7.02. The van der Waals surface area contributed by atoms with E-state index in [0.717, 1.165) is 0 Å². The van der Waals surface area contributed by atoms with Gasteiger partial charge in [-0.3, -0.25) is 15.0 Å². The maximum Gasteiger partial charge on any atom is 0.312 e. The molecule has 0 radical (unpaired) electrons. The van der Waals surface area contributed by atoms with Gasteiger partial charge >= 0.3 is 6.03 Å². The molecule has 0 saturated carbocycles. The maximum absolute atomic E-state index is 11.5. The van der Waals surface area contributed by atoms with Crippen LogP contribution in [0.15, 0.2) is 0 Å². The number of Topliss-reactive ketones (excluding diaryl/α,β-unsaturated/α-hetero) is 1. The molecule has 0 aliphatic carbocycles. The number of ketones is 1. The van der Waals surface area contributed by atoms with Crippen molar-refractivity contribution in [3.05, 3.63) is 0 Å². The molecule has 0 rings (SSSR count). The number of hydrogen-bond donors (Lipinski definition) is 4. The van der Waals surface area contributed by atoms with Crippen molar-refractivity contribution in [1.29, 1.82) is 0 Å². The zero-order valence-electron chi connectivity index (χ0n) is 8.58. The summed E-state index contributed by atoms with van der Waals surface area (Å²) in [4.78, 5) is 33.0. The number of primary amides is 1. The number of hydrazine groups is 1. The third-order valence-corrected chi connectivity index (χ3v) is 1.86. The second-order valence-electron chi connectivity index (χ2n) is 3.03. The van der Waals surface area contributed by atoms with Crippen LogP contribution in [-0.4, -0.2) is 24.3 Å². The Kier molecular flexibility index (Phi) is 6.03. The fourth-order valence-corrected chi connectivity index (χ4v) is 1.12. The predicted octanol–water partition coefficient (Wildman–Crippen LogP) is -1.37. The van der Waals surface area contributed by atoms with Crippen molar-refractivity contribution in [3.8, 4) is 0 Å². The number of nitrogens with two attached hydrogens (primary N) is 2. The molecule has 3 amide bonds. The Morgan fingerprint density at radius 2 is 1.93 bits per heavy atom. The Labute approximate surface area is 87.5 Å². The lowest BCUT2D eigenvalue weighted by Crippen LogP contribution is -2.43. The van der Waals surface area contributed by atoms with Crippen molar-refractivity contribution in [2.45, 2.75) is 19.8 Å². The van der Waals surface area contributed by atoms with Gasteiger partial charge in [-0.1, -0.05) is 13.3 Å². The summed E-state index contributed by atoms with van der Waals surface area (Å²) in [5.41, 5.74) is 6.71. The molecule has 1 unspecified atom stereocenters. The zero-order valence-corrected chi connectivity index (χ0v) is 8.58. The molecule has 0 saturated heterocycles. The van der Waals surface area contributed by atoms with Crippen molar-refractivity contribution in [2.75, 3.05) is 6.54 Å². The fraction of sp³-hybridized carbons (Fsp3) is 0.625. The van der Waals surface area contributed by atoms with Crippen LogP contribution in [-0.2, 0) is 9.59 Å². The standard InChI is InChI=1S/C8H16N4O3/c1-2-3-5(7(14)12-10)6(13)4-11-8(9)15/h5H,2-4,10H2,1H3,(H,12,14)(H3,9,11,15). The summed E-state index contributed by atoms with van der Waals surface area (Å²) in [5.74, 6) is 3.15. The van der Waals surface area contributed by atoms with E-state index < -0.39 is 23.6 Å². The normalized spacial score (nSPS) is 11.6. The molecule has 0 heterocycles. The molecule has 0 bridgehead atoms. The third kappa shape index (κ3) is 4.96. The molecular weight excluding hydrogens is 200 g/mol. The molecule has 0 aromatic heterocycles. The highest BCUT2D eigenvalue weighted by molar-refractivity contribution is 6.02. The van der Waals surface area contributed by atoms with E-state index in [0.29, 0.717) is 12.8 Å². The van der Waals surface area contributed by atoms with Gasteiger partial charge in [-0.05, 0) is 6.42 Å². The SMILES string of the molecule is CCCC(C(=O)CNC(N)=O)C(=O)NN. The van der Waals surface area contributed by atoms with Crippen LogP contribution in [0, 0.1) is 5.92 Å². The largest absolute Gasteiger partial charge is 0.352 e. The summed E-state index contributed by atoms with van der Waals surface area (Å²) in [5, 5.41) is 2.13. The van der Waals surface area contributed by atoms with Crippen molar-refractivity contribution >= 4 is 17.7 Å². The Bertz CT molecular complexity index is 254. The van der Waals surface area contributed by atoms with Gasteiger partial charge in [-0.2, -0.15) is 0 Å². The van der Waals surface area contributed by atoms with E-state index in [1.54, 1.807) is 0 Å². The highest BCUT2D eigenvalue weighted by atomic mass is 16.2. The Morgan fingerprint density at radius 1 is 1.33 bits per heavy atom. The van der Waals surface area contributed by atoms with Gasteiger partial charge in [0.25, 0.3) is 0 Å². The summed E-state index contributed by atoms with van der Waals surface area (Å²) < 4.78 is 0. The molecule has 1 atom stereocenters. The van der Waals surface area contributed by atoms with Crippen LogP contribution < -0.4 is 22.3 Å². The van der Waals surface area contributed by atoms with Crippen molar-refractivity contribution in [3.63, 3.8) is 0 Å². The average Bonchev–Trinajstić information content (AvgIpc) is 2.21. The van der Waals surface area contributed by atoms with Crippen LogP contribution in [0.2, 0.25) is 0 Å². The third-order valence-electron chi connectivity index (χ3n) is 1.86. The van der Waals surface area contributed by atoms with Gasteiger partial charge in [0.1, 0.15) is 0 Å². The van der Waals surface area contributed by atoms with E-state index in [1.165, 1.54) is 0 Å². The van der Waals surface area contributed by atoms with Crippen LogP contribution >= 0.6 is 0 Å². The van der Waals surface area contributed by atoms with E-state index >= 15 is 0 Å². The summed E-state index contributed by atoms with van der Waals surface area (Å²) in [6.07, 6.45) is 1.06. The van der Waals surface area contributed by atoms with Gasteiger partial charge in [0.15, 0.2) is 5.78 Å². The minimum atomic E-state index is -0.827. The first kappa shape index (κ1) is 13.4. The maximum atomic E-state index is 11.5. The number of carbonyl (C=O) groups excluding carboxylic acids is 3. The number of urea groups is 1. The van der Waals surface area contributed by atoms with Crippen LogP contribution in [0.5, 0.6) is 0 Å². The van der Waals surface area contributed by atoms with Gasteiger partial charge in [0.05, 0.1) is 12.5 Å². The number of rotatable bonds is 6. The molecule has 6 N–H and O–H groups in total. The number of carbonyl (C=O) groups is 3. The highest BCUT2D eigenvalue weighted by Gasteiger charge is 2.24. The molecule has 0 aromatic rings. The van der Waals surface area contributed by atoms with E-state index in [1.807, 2.05) is 12.3 Å². The lowest BCUT2D eigenvalue weighted by atomic mass is 9.98. The highest BCUT2D eigenvalue weighted by Crippen LogP contribution is 2.07. The monoisotopic (exact) mass is 216 g/mol. The van der Waals surface area contributed by atoms with Crippen molar-refractivity contribution < 1.29 is 14.4 Å². The number of nitrogens with one attached hydrogen (secondary N) is 2. The van der Waals surface area contributed by atoms with Gasteiger partial charge in [-0.25, -0.2) is 10.6 Å². The average molecular weight is 216 g/mol. The molecular formula is C8H16N4O3. The molecule has 86 valence electrons. The lowest BCUT2D eigenvalue weighted by molar-refractivity contribution is -0.133. The molecule has 7 heteroatoms. The Hall–Kier alpha value is -1.63. The minimum absolute atomic E-state index is 0.257. The molecule has 0 aromatic carbocycles. The van der Waals surface area contributed by atoms with Crippen LogP contribution in [0.25, 0.3) is 0 Å². The summed E-state index contributed by atoms with van der Waals surface area (Å²) >= 11 is 0. The lowest BCUT2D eigenvalue weighted by Gasteiger charge is -2.12. The van der Waals surface area contributed by atoms with Crippen LogP contribution in [0.3, 0.4) is 0 Å². The van der Waals surface area contributed by atoms with Gasteiger partial charge in [0.2, 0.25) is 5.91 Å². The smallest absolute Gasteiger partial charge is 0.312 e. The second-order valence-corrected chi connectivity index (χ2v) is 3.03. The first-order valence-electron chi connectivity index (χ1n) is 4.59. The van der Waals surface area contributed by atoms with Crippen LogP contribution in [0.1, 0.15) is 19.8 Å². The predicted molar refractivity (Wildman–Crippen MR) is 53.3 cm³/mol. The molecule has 7 nitrogen and oxygen atoms in total. The molecule has 0 aliphatic rings. The Morgan fingerprint density at radius 3 is 2.33 bits per heavy atom. The number of hydrogen-bond acceptors (Lipinski definition) is 4. The van der Waals surface area contributed by atoms with E-state index in [-0.39, 0.29) is 6.54 Å². The molecule has 0 fully saturated rings. The first-order valence-corrected chi connectivity index (χ1v) is 4.59. The van der Waals surface area contributed by atoms with E-state index in [4.69, 9.17) is 11.6 Å². The van der Waals surface area contributed by atoms with Gasteiger partial charge in [0, 0.05) is 0 Å². The summed E-state index contributed by atoms with van der Waals surface area (Å²) in [7, 11) is 0. The zero-order chi connectivity index (χ0) is 11.8. The van der Waals surface area contributed by atoms with E-state index in [2.05, 4.69) is 5.32 Å². The minimum Gasteiger partial charge on any atom is -0.352 e. The van der Waals surface area contributed by atoms with Crippen LogP contribution in [0.4, 0.5) is 4.79 Å². The topological polar surface area (TPSA) is 127 Å². The van der Waals surface area contributed by atoms with E-state index in [9.17, 15) is 14.4 Å². The van der Waals surface area contributed by atoms with Crippen molar-refractivity contribution in [2.24, 2.45) is 17.5 Å². The quantitative estimate of drug-likeness (QED) is 0.189.